The summed E-state index contributed by atoms with van der Waals surface area (Å²) in [6.45, 7) is 1.69. The third-order valence-corrected chi connectivity index (χ3v) is 5.24. The van der Waals surface area contributed by atoms with Crippen LogP contribution in [0.25, 0.3) is 0 Å². The molecular weight excluding hydrogens is 416 g/mol. The fourth-order valence-corrected chi connectivity index (χ4v) is 3.28. The topological polar surface area (TPSA) is 72.8 Å². The van der Waals surface area contributed by atoms with Crippen molar-refractivity contribution in [2.24, 2.45) is 0 Å². The summed E-state index contributed by atoms with van der Waals surface area (Å²) in [5.41, 5.74) is 0.422. The second-order valence-corrected chi connectivity index (χ2v) is 8.24. The lowest BCUT2D eigenvalue weighted by molar-refractivity contribution is -0.153. The quantitative estimate of drug-likeness (QED) is 0.144. The van der Waals surface area contributed by atoms with Gasteiger partial charge < -0.3 is 14.6 Å². The second-order valence-electron chi connectivity index (χ2n) is 8.24. The Hall–Kier alpha value is -2.40. The number of carbonyl (C=O) groups is 2. The Morgan fingerprint density at radius 2 is 1.52 bits per heavy atom. The van der Waals surface area contributed by atoms with Crippen LogP contribution >= 0.6 is 0 Å². The molecule has 0 radical (unpaired) electrons. The molecule has 0 bridgehead atoms. The van der Waals surface area contributed by atoms with E-state index in [1.165, 1.54) is 32.1 Å². The molecule has 184 valence electrons. The molecule has 0 amide bonds. The van der Waals surface area contributed by atoms with Crippen molar-refractivity contribution >= 4 is 11.9 Å². The van der Waals surface area contributed by atoms with Crippen LogP contribution in [0.1, 0.15) is 94.3 Å². The smallest absolute Gasteiger partial charge is 0.338 e. The van der Waals surface area contributed by atoms with E-state index in [9.17, 15) is 14.7 Å². The van der Waals surface area contributed by atoms with Crippen LogP contribution in [0.5, 0.6) is 0 Å². The van der Waals surface area contributed by atoms with Crippen LogP contribution in [0.2, 0.25) is 0 Å². The third-order valence-electron chi connectivity index (χ3n) is 5.24. The van der Waals surface area contributed by atoms with E-state index in [0.717, 1.165) is 38.5 Å². The molecule has 1 aromatic rings. The zero-order chi connectivity index (χ0) is 24.0. The SMILES string of the molecule is CCCCC/C=C\C/C=C\CCCCCCCC(=O)OC(CO)COC(=O)c1ccccc1. The molecule has 0 aliphatic carbocycles. The Labute approximate surface area is 199 Å². The first-order chi connectivity index (χ1) is 16.2. The van der Waals surface area contributed by atoms with Gasteiger partial charge in [0.2, 0.25) is 0 Å². The lowest BCUT2D eigenvalue weighted by atomic mass is 10.1. The van der Waals surface area contributed by atoms with Gasteiger partial charge in [0.25, 0.3) is 0 Å². The highest BCUT2D eigenvalue weighted by Crippen LogP contribution is 2.10. The highest BCUT2D eigenvalue weighted by atomic mass is 16.6. The molecule has 0 saturated heterocycles. The van der Waals surface area contributed by atoms with Gasteiger partial charge in [0, 0.05) is 6.42 Å². The van der Waals surface area contributed by atoms with Crippen molar-refractivity contribution in [3.63, 3.8) is 0 Å². The van der Waals surface area contributed by atoms with Gasteiger partial charge in [-0.25, -0.2) is 4.79 Å². The van der Waals surface area contributed by atoms with Crippen LogP contribution in [0, 0.1) is 0 Å². The maximum atomic E-state index is 12.0. The predicted molar refractivity (Wildman–Crippen MR) is 133 cm³/mol. The van der Waals surface area contributed by atoms with E-state index in [4.69, 9.17) is 9.47 Å². The van der Waals surface area contributed by atoms with Gasteiger partial charge in [-0.1, -0.05) is 81.5 Å². The van der Waals surface area contributed by atoms with Crippen LogP contribution in [0.15, 0.2) is 54.6 Å². The van der Waals surface area contributed by atoms with Crippen LogP contribution < -0.4 is 0 Å². The maximum Gasteiger partial charge on any atom is 0.338 e. The van der Waals surface area contributed by atoms with E-state index in [-0.39, 0.29) is 19.2 Å². The first-order valence-electron chi connectivity index (χ1n) is 12.5. The number of aliphatic hydroxyl groups is 1. The molecule has 33 heavy (non-hydrogen) atoms. The molecule has 1 aromatic carbocycles. The van der Waals surface area contributed by atoms with Crippen molar-refractivity contribution in [2.75, 3.05) is 13.2 Å². The van der Waals surface area contributed by atoms with Crippen LogP contribution in [0.4, 0.5) is 0 Å². The summed E-state index contributed by atoms with van der Waals surface area (Å²) in [7, 11) is 0. The summed E-state index contributed by atoms with van der Waals surface area (Å²) in [6, 6.07) is 8.58. The molecule has 1 N–H and O–H groups in total. The zero-order valence-corrected chi connectivity index (χ0v) is 20.3. The van der Waals surface area contributed by atoms with Crippen molar-refractivity contribution in [2.45, 2.75) is 90.1 Å². The van der Waals surface area contributed by atoms with E-state index in [1.807, 2.05) is 6.07 Å². The van der Waals surface area contributed by atoms with Gasteiger partial charge in [-0.05, 0) is 50.7 Å². The first kappa shape index (κ1) is 28.6. The van der Waals surface area contributed by atoms with E-state index >= 15 is 0 Å². The van der Waals surface area contributed by atoms with Crippen molar-refractivity contribution in [1.82, 2.24) is 0 Å². The molecule has 5 nitrogen and oxygen atoms in total. The van der Waals surface area contributed by atoms with Gasteiger partial charge in [0.15, 0.2) is 6.10 Å². The molecule has 0 fully saturated rings. The van der Waals surface area contributed by atoms with E-state index in [0.29, 0.717) is 12.0 Å². The largest absolute Gasteiger partial charge is 0.458 e. The summed E-state index contributed by atoms with van der Waals surface area (Å²) in [6.07, 6.45) is 20.9. The normalized spacial score (nSPS) is 12.3. The number of rotatable bonds is 19. The average molecular weight is 459 g/mol. The highest BCUT2D eigenvalue weighted by Gasteiger charge is 2.16. The summed E-state index contributed by atoms with van der Waals surface area (Å²) in [5.74, 6) is -0.866. The molecule has 0 aromatic heterocycles. The number of hydrogen-bond donors (Lipinski definition) is 1. The molecule has 0 aliphatic heterocycles. The van der Waals surface area contributed by atoms with E-state index in [2.05, 4.69) is 31.2 Å². The highest BCUT2D eigenvalue weighted by molar-refractivity contribution is 5.89. The molecule has 1 rings (SSSR count). The van der Waals surface area contributed by atoms with E-state index in [1.54, 1.807) is 24.3 Å². The molecule has 0 aliphatic rings. The van der Waals surface area contributed by atoms with Gasteiger partial charge in [-0.2, -0.15) is 0 Å². The standard InChI is InChI=1S/C28H42O5/c1-2-3-4-5-6-7-8-9-10-11-12-13-14-15-19-22-27(30)33-26(23-29)24-32-28(31)25-20-17-16-18-21-25/h6-7,9-10,16-18,20-21,26,29H,2-5,8,11-15,19,22-24H2,1H3/b7-6-,10-9-. The van der Waals surface area contributed by atoms with Crippen LogP contribution in [0.3, 0.4) is 0 Å². The summed E-state index contributed by atoms with van der Waals surface area (Å²) >= 11 is 0. The third kappa shape index (κ3) is 15.9. The predicted octanol–water partition coefficient (Wildman–Crippen LogP) is 6.56. The average Bonchev–Trinajstić information content (AvgIpc) is 2.84. The molecule has 1 atom stereocenters. The molecule has 5 heteroatoms. The molecule has 0 spiro atoms. The molecule has 1 unspecified atom stereocenters. The molecule has 0 saturated carbocycles. The van der Waals surface area contributed by atoms with Crippen molar-refractivity contribution in [3.8, 4) is 0 Å². The van der Waals surface area contributed by atoms with Gasteiger partial charge in [-0.3, -0.25) is 4.79 Å². The Kier molecular flexibility index (Phi) is 17.5. The zero-order valence-electron chi connectivity index (χ0n) is 20.3. The number of ether oxygens (including phenoxy) is 2. The summed E-state index contributed by atoms with van der Waals surface area (Å²) in [5, 5.41) is 9.38. The number of hydrogen-bond acceptors (Lipinski definition) is 5. The Bertz CT molecular complexity index is 681. The number of carbonyl (C=O) groups excluding carboxylic acids is 2. The van der Waals surface area contributed by atoms with E-state index < -0.39 is 12.1 Å². The van der Waals surface area contributed by atoms with Gasteiger partial charge in [0.1, 0.15) is 6.61 Å². The second kappa shape index (κ2) is 20.2. The number of unbranched alkanes of at least 4 members (excludes halogenated alkanes) is 8. The first-order valence-corrected chi connectivity index (χ1v) is 12.5. The molecule has 0 heterocycles. The fourth-order valence-electron chi connectivity index (χ4n) is 3.28. The lowest BCUT2D eigenvalue weighted by Crippen LogP contribution is -2.28. The van der Waals surface area contributed by atoms with Gasteiger partial charge in [0.05, 0.1) is 12.2 Å². The molecular formula is C28H42O5. The Morgan fingerprint density at radius 3 is 2.18 bits per heavy atom. The number of aliphatic hydroxyl groups excluding tert-OH is 1. The van der Waals surface area contributed by atoms with Gasteiger partial charge in [-0.15, -0.1) is 0 Å². The van der Waals surface area contributed by atoms with Crippen LogP contribution in [-0.4, -0.2) is 36.4 Å². The minimum Gasteiger partial charge on any atom is -0.458 e. The number of esters is 2. The summed E-state index contributed by atoms with van der Waals surface area (Å²) < 4.78 is 10.4. The number of allylic oxidation sites excluding steroid dienone is 4. The Balaban J connectivity index is 2.01. The van der Waals surface area contributed by atoms with Crippen molar-refractivity contribution < 1.29 is 24.2 Å². The monoisotopic (exact) mass is 458 g/mol. The van der Waals surface area contributed by atoms with Crippen molar-refractivity contribution in [1.29, 1.82) is 0 Å². The van der Waals surface area contributed by atoms with Crippen LogP contribution in [-0.2, 0) is 14.3 Å². The fraction of sp³-hybridized carbons (Fsp3) is 0.571. The lowest BCUT2D eigenvalue weighted by Gasteiger charge is -2.15. The maximum absolute atomic E-state index is 12.0. The van der Waals surface area contributed by atoms with Gasteiger partial charge >= 0.3 is 11.9 Å². The number of benzene rings is 1. The minimum atomic E-state index is -0.830. The summed E-state index contributed by atoms with van der Waals surface area (Å²) in [4.78, 5) is 23.9. The minimum absolute atomic E-state index is 0.155. The Morgan fingerprint density at radius 1 is 0.879 bits per heavy atom. The van der Waals surface area contributed by atoms with Crippen molar-refractivity contribution in [3.05, 3.63) is 60.2 Å².